The number of piperazine rings is 1. The van der Waals surface area contributed by atoms with E-state index < -0.39 is 10.0 Å². The van der Waals surface area contributed by atoms with E-state index in [1.807, 2.05) is 14.0 Å². The van der Waals surface area contributed by atoms with Crippen molar-refractivity contribution in [2.75, 3.05) is 39.8 Å². The second-order valence-corrected chi connectivity index (χ2v) is 7.08. The number of hydrogen-bond donors (Lipinski definition) is 0. The van der Waals surface area contributed by atoms with Gasteiger partial charge in [0.2, 0.25) is 10.0 Å². The second-order valence-electron chi connectivity index (χ2n) is 4.73. The van der Waals surface area contributed by atoms with E-state index in [0.29, 0.717) is 30.5 Å². The number of nitrogens with zero attached hydrogens (tertiary/aromatic N) is 2. The van der Waals surface area contributed by atoms with E-state index >= 15 is 0 Å². The molecule has 20 heavy (non-hydrogen) atoms. The van der Waals surface area contributed by atoms with Crippen LogP contribution in [-0.4, -0.2) is 57.5 Å². The van der Waals surface area contributed by atoms with Crippen molar-refractivity contribution in [3.63, 3.8) is 0 Å². The molecule has 1 aliphatic rings. The maximum absolute atomic E-state index is 12.6. The summed E-state index contributed by atoms with van der Waals surface area (Å²) < 4.78 is 32.0. The van der Waals surface area contributed by atoms with E-state index in [4.69, 9.17) is 16.3 Å². The molecule has 0 aromatic heterocycles. The highest BCUT2D eigenvalue weighted by Crippen LogP contribution is 2.29. The lowest BCUT2D eigenvalue weighted by Crippen LogP contribution is -2.47. The van der Waals surface area contributed by atoms with Gasteiger partial charge in [0, 0.05) is 32.2 Å². The first kappa shape index (κ1) is 15.6. The Kier molecular flexibility index (Phi) is 4.90. The van der Waals surface area contributed by atoms with Gasteiger partial charge in [-0.3, -0.25) is 0 Å². The highest BCUT2D eigenvalue weighted by molar-refractivity contribution is 7.89. The van der Waals surface area contributed by atoms with Crippen molar-refractivity contribution >= 4 is 21.6 Å². The van der Waals surface area contributed by atoms with E-state index in [2.05, 4.69) is 4.90 Å². The topological polar surface area (TPSA) is 49.9 Å². The first-order valence-electron chi connectivity index (χ1n) is 6.56. The Hall–Kier alpha value is -0.820. The van der Waals surface area contributed by atoms with E-state index in [1.165, 1.54) is 16.4 Å². The van der Waals surface area contributed by atoms with Gasteiger partial charge in [-0.25, -0.2) is 8.42 Å². The molecule has 1 heterocycles. The fraction of sp³-hybridized carbons (Fsp3) is 0.538. The van der Waals surface area contributed by atoms with Crippen molar-refractivity contribution in [3.8, 4) is 5.75 Å². The Morgan fingerprint density at radius 1 is 1.25 bits per heavy atom. The zero-order valence-corrected chi connectivity index (χ0v) is 13.2. The third-order valence-electron chi connectivity index (χ3n) is 3.30. The summed E-state index contributed by atoms with van der Waals surface area (Å²) in [6.07, 6.45) is 0. The summed E-state index contributed by atoms with van der Waals surface area (Å²) in [5, 5.41) is 0.421. The molecule has 0 amide bonds. The minimum atomic E-state index is -3.48. The Bertz CT molecular complexity index is 569. The van der Waals surface area contributed by atoms with E-state index in [0.717, 1.165) is 13.1 Å². The van der Waals surface area contributed by atoms with E-state index in [9.17, 15) is 8.42 Å². The molecule has 112 valence electrons. The number of hydrogen-bond acceptors (Lipinski definition) is 4. The molecule has 2 rings (SSSR count). The maximum atomic E-state index is 12.6. The third-order valence-corrected chi connectivity index (χ3v) is 5.51. The molecule has 0 atom stereocenters. The fourth-order valence-electron chi connectivity index (χ4n) is 2.09. The average Bonchev–Trinajstić information content (AvgIpc) is 2.42. The largest absolute Gasteiger partial charge is 0.492 e. The molecule has 0 spiro atoms. The summed E-state index contributed by atoms with van der Waals surface area (Å²) in [4.78, 5) is 2.34. The average molecular weight is 319 g/mol. The van der Waals surface area contributed by atoms with Gasteiger partial charge in [-0.2, -0.15) is 4.31 Å². The molecule has 0 aliphatic carbocycles. The van der Waals surface area contributed by atoms with Crippen molar-refractivity contribution in [3.05, 3.63) is 23.2 Å². The predicted octanol–water partition coefficient (Wildman–Crippen LogP) is 1.67. The van der Waals surface area contributed by atoms with Crippen LogP contribution in [0.1, 0.15) is 6.92 Å². The first-order valence-corrected chi connectivity index (χ1v) is 8.38. The summed E-state index contributed by atoms with van der Waals surface area (Å²) in [7, 11) is -1.49. The number of rotatable bonds is 4. The number of halogens is 1. The fourth-order valence-corrected chi connectivity index (χ4v) is 3.70. The van der Waals surface area contributed by atoms with Gasteiger partial charge in [0.25, 0.3) is 0 Å². The Labute approximate surface area is 125 Å². The molecular formula is C13H19ClN2O3S. The van der Waals surface area contributed by atoms with E-state index in [1.54, 1.807) is 6.07 Å². The van der Waals surface area contributed by atoms with Crippen molar-refractivity contribution in [2.45, 2.75) is 11.8 Å². The van der Waals surface area contributed by atoms with Gasteiger partial charge >= 0.3 is 0 Å². The summed E-state index contributed by atoms with van der Waals surface area (Å²) in [6.45, 7) is 4.77. The third kappa shape index (κ3) is 3.25. The molecule has 1 fully saturated rings. The maximum Gasteiger partial charge on any atom is 0.243 e. The second kappa shape index (κ2) is 6.30. The molecule has 0 bridgehead atoms. The van der Waals surface area contributed by atoms with Crippen molar-refractivity contribution in [1.82, 2.24) is 9.21 Å². The number of ether oxygens (including phenoxy) is 1. The molecule has 0 radical (unpaired) electrons. The highest BCUT2D eigenvalue weighted by atomic mass is 35.5. The molecule has 7 heteroatoms. The molecule has 0 unspecified atom stereocenters. The van der Waals surface area contributed by atoms with Crippen molar-refractivity contribution in [2.24, 2.45) is 0 Å². The monoisotopic (exact) mass is 318 g/mol. The summed E-state index contributed by atoms with van der Waals surface area (Å²) in [5.74, 6) is 0.407. The minimum absolute atomic E-state index is 0.231. The summed E-state index contributed by atoms with van der Waals surface area (Å²) in [6, 6.07) is 4.59. The molecule has 5 nitrogen and oxygen atoms in total. The van der Waals surface area contributed by atoms with Crippen LogP contribution in [-0.2, 0) is 10.0 Å². The highest BCUT2D eigenvalue weighted by Gasteiger charge is 2.28. The first-order chi connectivity index (χ1) is 9.45. The SMILES string of the molecule is CCOc1cc(S(=O)(=O)N2CCN(C)CC2)ccc1Cl. The summed E-state index contributed by atoms with van der Waals surface area (Å²) in [5.41, 5.74) is 0. The molecule has 1 aliphatic heterocycles. The molecule has 1 aromatic rings. The van der Waals surface area contributed by atoms with Crippen LogP contribution in [0.25, 0.3) is 0 Å². The lowest BCUT2D eigenvalue weighted by molar-refractivity contribution is 0.222. The van der Waals surface area contributed by atoms with Crippen LogP contribution in [0, 0.1) is 0 Å². The number of likely N-dealkylation sites (N-methyl/N-ethyl adjacent to an activating group) is 1. The lowest BCUT2D eigenvalue weighted by Gasteiger charge is -2.31. The van der Waals surface area contributed by atoms with Gasteiger partial charge < -0.3 is 9.64 Å². The zero-order valence-electron chi connectivity index (χ0n) is 11.7. The summed E-state index contributed by atoms with van der Waals surface area (Å²) >= 11 is 5.99. The van der Waals surface area contributed by atoms with Gasteiger partial charge in [-0.15, -0.1) is 0 Å². The van der Waals surface area contributed by atoms with Crippen LogP contribution >= 0.6 is 11.6 Å². The Morgan fingerprint density at radius 3 is 2.50 bits per heavy atom. The van der Waals surface area contributed by atoms with Crippen LogP contribution in [0.15, 0.2) is 23.1 Å². The van der Waals surface area contributed by atoms with Gasteiger partial charge in [0.15, 0.2) is 0 Å². The van der Waals surface area contributed by atoms with Crippen LogP contribution in [0.3, 0.4) is 0 Å². The van der Waals surface area contributed by atoms with Crippen molar-refractivity contribution in [1.29, 1.82) is 0 Å². The van der Waals surface area contributed by atoms with Crippen LogP contribution in [0.2, 0.25) is 5.02 Å². The Morgan fingerprint density at radius 2 is 1.90 bits per heavy atom. The van der Waals surface area contributed by atoms with Gasteiger partial charge in [0.05, 0.1) is 16.5 Å². The van der Waals surface area contributed by atoms with E-state index in [-0.39, 0.29) is 4.90 Å². The lowest BCUT2D eigenvalue weighted by atomic mass is 10.3. The van der Waals surface area contributed by atoms with Gasteiger partial charge in [-0.1, -0.05) is 11.6 Å². The predicted molar refractivity (Wildman–Crippen MR) is 78.9 cm³/mol. The van der Waals surface area contributed by atoms with Gasteiger partial charge in [0.1, 0.15) is 5.75 Å². The Balaban J connectivity index is 2.27. The normalized spacial score (nSPS) is 18.1. The molecule has 1 aromatic carbocycles. The molecule has 1 saturated heterocycles. The standard InChI is InChI=1S/C13H19ClN2O3S/c1-3-19-13-10-11(4-5-12(13)14)20(17,18)16-8-6-15(2)7-9-16/h4-5,10H,3,6-9H2,1-2H3. The van der Waals surface area contributed by atoms with Crippen molar-refractivity contribution < 1.29 is 13.2 Å². The smallest absolute Gasteiger partial charge is 0.243 e. The molecule has 0 saturated carbocycles. The molecular weight excluding hydrogens is 300 g/mol. The number of sulfonamides is 1. The van der Waals surface area contributed by atoms with Crippen LogP contribution in [0.5, 0.6) is 5.75 Å². The number of benzene rings is 1. The quantitative estimate of drug-likeness (QED) is 0.847. The van der Waals surface area contributed by atoms with Crippen LogP contribution in [0.4, 0.5) is 0 Å². The van der Waals surface area contributed by atoms with Gasteiger partial charge in [-0.05, 0) is 26.1 Å². The minimum Gasteiger partial charge on any atom is -0.492 e. The van der Waals surface area contributed by atoms with Crippen LogP contribution < -0.4 is 4.74 Å². The zero-order chi connectivity index (χ0) is 14.8. The molecule has 0 N–H and O–H groups in total.